The van der Waals surface area contributed by atoms with Gasteiger partial charge in [0, 0.05) is 0 Å². The molecule has 2 unspecified atom stereocenters. The highest BCUT2D eigenvalue weighted by Crippen LogP contribution is 2.46. The Morgan fingerprint density at radius 2 is 2.00 bits per heavy atom. The van der Waals surface area contributed by atoms with Crippen molar-refractivity contribution < 1.29 is 43.3 Å². The quantitative estimate of drug-likeness (QED) is 0.255. The van der Waals surface area contributed by atoms with E-state index in [-0.39, 0.29) is 11.5 Å². The molecule has 3 aliphatic heterocycles. The minimum Gasteiger partial charge on any atom is -0.387 e. The highest BCUT2D eigenvalue weighted by molar-refractivity contribution is 7.49. The molecule has 0 aromatic carbocycles. The van der Waals surface area contributed by atoms with Crippen LogP contribution in [0.25, 0.3) is 0 Å². The van der Waals surface area contributed by atoms with E-state index in [0.29, 0.717) is 4.67 Å². The Bertz CT molecular complexity index is 738. The standard InChI is InChI=1S/C10H16N5O9P2/c11-8-5-9(15(3-13-8)26(20,21)22)14(2-12-5)10-7(17)6(16)4(24-10)1-23-25(18)19/h2-4,6-7,9-10,16-17H,1,11H2,(H,18,19)(H2,20,21,22)/t4-,6-,7-,9?,10-/m1/s1. The number of aliphatic hydroxyl groups is 2. The minimum atomic E-state index is -4.81. The number of rotatable bonds is 5. The third-order valence-corrected chi connectivity index (χ3v) is 5.26. The number of fused-ring (bicyclic) bond motifs is 1. The molecular weight excluding hydrogens is 396 g/mol. The monoisotopic (exact) mass is 412 g/mol. The maximum absolute atomic E-state index is 11.7. The van der Waals surface area contributed by atoms with Gasteiger partial charge in [0.25, 0.3) is 0 Å². The van der Waals surface area contributed by atoms with Crippen LogP contribution in [-0.2, 0) is 18.4 Å². The number of ether oxygens (including phenoxy) is 1. The number of hydrogen-bond donors (Lipinski definition) is 6. The van der Waals surface area contributed by atoms with Crippen LogP contribution in [0.4, 0.5) is 0 Å². The lowest BCUT2D eigenvalue weighted by atomic mass is 10.1. The topological polar surface area (TPSA) is 211 Å². The molecule has 6 atom stereocenters. The lowest BCUT2D eigenvalue weighted by Crippen LogP contribution is -2.53. The Kier molecular flexibility index (Phi) is 5.14. The van der Waals surface area contributed by atoms with Gasteiger partial charge in [-0.1, -0.05) is 0 Å². The zero-order valence-electron chi connectivity index (χ0n) is 12.9. The Hall–Kier alpha value is -1.47. The van der Waals surface area contributed by atoms with Gasteiger partial charge in [0.05, 0.1) is 12.9 Å². The summed E-state index contributed by atoms with van der Waals surface area (Å²) in [6.45, 7) is -0.482. The molecule has 0 bridgehead atoms. The first kappa shape index (κ1) is 19.3. The Labute approximate surface area is 147 Å². The predicted molar refractivity (Wildman–Crippen MR) is 84.2 cm³/mol. The van der Waals surface area contributed by atoms with E-state index in [1.165, 1.54) is 0 Å². The molecule has 0 saturated carbocycles. The fourth-order valence-corrected chi connectivity index (χ4v) is 3.75. The van der Waals surface area contributed by atoms with Crippen LogP contribution in [-0.4, -0.2) is 84.5 Å². The van der Waals surface area contributed by atoms with Crippen molar-refractivity contribution in [2.24, 2.45) is 15.7 Å². The molecule has 145 valence electrons. The average Bonchev–Trinajstić information content (AvgIpc) is 3.08. The van der Waals surface area contributed by atoms with Gasteiger partial charge in [0.15, 0.2) is 18.2 Å². The zero-order valence-corrected chi connectivity index (χ0v) is 14.7. The van der Waals surface area contributed by atoms with Crippen LogP contribution in [0.1, 0.15) is 0 Å². The highest BCUT2D eigenvalue weighted by Gasteiger charge is 2.52. The molecule has 0 aromatic heterocycles. The van der Waals surface area contributed by atoms with Gasteiger partial charge in [-0.2, -0.15) is 0 Å². The van der Waals surface area contributed by atoms with Crippen LogP contribution in [0.2, 0.25) is 0 Å². The number of aliphatic hydroxyl groups excluding tert-OH is 2. The summed E-state index contributed by atoms with van der Waals surface area (Å²) in [6, 6.07) is 0. The molecule has 0 aliphatic carbocycles. The van der Waals surface area contributed by atoms with Crippen molar-refractivity contribution in [1.29, 1.82) is 0 Å². The van der Waals surface area contributed by atoms with Crippen molar-refractivity contribution in [3.8, 4) is 0 Å². The third kappa shape index (κ3) is 3.39. The molecule has 3 rings (SSSR count). The smallest absolute Gasteiger partial charge is 0.387 e. The van der Waals surface area contributed by atoms with Crippen LogP contribution in [0, 0.1) is 0 Å². The first-order valence-electron chi connectivity index (χ1n) is 7.11. The first-order chi connectivity index (χ1) is 12.1. The Balaban J connectivity index is 1.85. The van der Waals surface area contributed by atoms with Gasteiger partial charge in [-0.05, 0) is 0 Å². The Morgan fingerprint density at radius 1 is 1.31 bits per heavy atom. The lowest BCUT2D eigenvalue weighted by molar-refractivity contribution is -0.0813. The van der Waals surface area contributed by atoms with Crippen molar-refractivity contribution >= 4 is 28.7 Å². The van der Waals surface area contributed by atoms with Crippen molar-refractivity contribution in [2.45, 2.75) is 30.7 Å². The number of hydrogen-bond acceptors (Lipinski definition) is 10. The van der Waals surface area contributed by atoms with Crippen LogP contribution >= 0.6 is 16.0 Å². The number of aliphatic imine (C=N–C) groups is 2. The van der Waals surface area contributed by atoms with E-state index in [0.717, 1.165) is 17.6 Å². The normalized spacial score (nSPS) is 34.7. The van der Waals surface area contributed by atoms with Crippen molar-refractivity contribution in [1.82, 2.24) is 9.57 Å². The van der Waals surface area contributed by atoms with E-state index in [1.807, 2.05) is 0 Å². The number of nitrogens with zero attached hydrogens (tertiary/aromatic N) is 4. The maximum Gasteiger partial charge on any atom is 0.432 e. The molecule has 3 aliphatic rings. The molecule has 3 heterocycles. The molecule has 0 spiro atoms. The summed E-state index contributed by atoms with van der Waals surface area (Å²) < 4.78 is 32.9. The summed E-state index contributed by atoms with van der Waals surface area (Å²) in [7, 11) is -7.75. The van der Waals surface area contributed by atoms with Crippen LogP contribution in [0.15, 0.2) is 21.5 Å². The molecule has 14 nitrogen and oxygen atoms in total. The predicted octanol–water partition coefficient (Wildman–Crippen LogP) is -2.67. The van der Waals surface area contributed by atoms with E-state index in [4.69, 9.17) is 15.4 Å². The lowest BCUT2D eigenvalue weighted by Gasteiger charge is -2.38. The summed E-state index contributed by atoms with van der Waals surface area (Å²) in [5.74, 6) is -0.0800. The SMILES string of the molecule is NC1=C2N=CN([C@@H]3O[C@H](CO[P](=O)O)[C@@H](O)[C@H]3O)C2N(P(=O)(O)O)C=N1. The summed E-state index contributed by atoms with van der Waals surface area (Å²) in [5.41, 5.74) is 5.71. The third-order valence-electron chi connectivity index (χ3n) is 3.97. The molecule has 1 fully saturated rings. The second kappa shape index (κ2) is 6.93. The van der Waals surface area contributed by atoms with Gasteiger partial charge in [-0.15, -0.1) is 0 Å². The fraction of sp³-hybridized carbons (Fsp3) is 0.600. The molecule has 16 heteroatoms. The fourth-order valence-electron chi connectivity index (χ4n) is 2.78. The molecular formula is C10H16N5O9P2. The summed E-state index contributed by atoms with van der Waals surface area (Å²) in [5, 5.41) is 20.3. The molecule has 1 radical (unpaired) electrons. The zero-order chi connectivity index (χ0) is 19.2. The van der Waals surface area contributed by atoms with Crippen molar-refractivity contribution in [3.05, 3.63) is 11.5 Å². The van der Waals surface area contributed by atoms with Gasteiger partial charge in [0.1, 0.15) is 30.3 Å². The summed E-state index contributed by atoms with van der Waals surface area (Å²) >= 11 is 0. The van der Waals surface area contributed by atoms with E-state index >= 15 is 0 Å². The van der Waals surface area contributed by atoms with Crippen molar-refractivity contribution in [3.63, 3.8) is 0 Å². The van der Waals surface area contributed by atoms with E-state index in [2.05, 4.69) is 14.5 Å². The second-order valence-corrected chi connectivity index (χ2v) is 7.78. The highest BCUT2D eigenvalue weighted by atomic mass is 31.2. The van der Waals surface area contributed by atoms with Gasteiger partial charge < -0.3 is 35.4 Å². The van der Waals surface area contributed by atoms with E-state index < -0.39 is 53.3 Å². The van der Waals surface area contributed by atoms with E-state index in [9.17, 15) is 29.1 Å². The van der Waals surface area contributed by atoms with Gasteiger partial charge >= 0.3 is 16.0 Å². The summed E-state index contributed by atoms with van der Waals surface area (Å²) in [6.07, 6.45) is -4.68. The first-order valence-corrected chi connectivity index (χ1v) is 9.81. The largest absolute Gasteiger partial charge is 0.432 e. The molecule has 0 aromatic rings. The maximum atomic E-state index is 11.7. The van der Waals surface area contributed by atoms with Crippen LogP contribution in [0.5, 0.6) is 0 Å². The average molecular weight is 412 g/mol. The van der Waals surface area contributed by atoms with Gasteiger partial charge in [0.2, 0.25) is 0 Å². The Morgan fingerprint density at radius 3 is 2.62 bits per heavy atom. The van der Waals surface area contributed by atoms with Gasteiger partial charge in [-0.3, -0.25) is 9.42 Å². The molecule has 1 saturated heterocycles. The molecule has 7 N–H and O–H groups in total. The molecule has 26 heavy (non-hydrogen) atoms. The van der Waals surface area contributed by atoms with E-state index in [1.54, 1.807) is 0 Å². The number of nitrogens with two attached hydrogens (primary N) is 1. The van der Waals surface area contributed by atoms with Crippen LogP contribution in [0.3, 0.4) is 0 Å². The minimum absolute atomic E-state index is 0.0271. The van der Waals surface area contributed by atoms with Crippen LogP contribution < -0.4 is 5.73 Å². The van der Waals surface area contributed by atoms with Crippen molar-refractivity contribution in [2.75, 3.05) is 6.61 Å². The van der Waals surface area contributed by atoms with Gasteiger partial charge in [-0.25, -0.2) is 23.8 Å². The molecule has 0 amide bonds. The second-order valence-electron chi connectivity index (χ2n) is 5.55. The summed E-state index contributed by atoms with van der Waals surface area (Å²) in [4.78, 5) is 36.5.